The molecule has 0 nitrogen and oxygen atoms in total. The van der Waals surface area contributed by atoms with E-state index in [0.29, 0.717) is 5.88 Å². The minimum atomic E-state index is -0.780. The van der Waals surface area contributed by atoms with E-state index in [-0.39, 0.29) is 5.41 Å². The van der Waals surface area contributed by atoms with Gasteiger partial charge in [0.25, 0.3) is 0 Å². The monoisotopic (exact) mass is 258 g/mol. The molecule has 0 amide bonds. The molecule has 0 saturated heterocycles. The van der Waals surface area contributed by atoms with Crippen molar-refractivity contribution in [3.8, 4) is 0 Å². The zero-order valence-electron chi connectivity index (χ0n) is 9.82. The third kappa shape index (κ3) is 2.98. The molecule has 0 N–H and O–H groups in total. The fourth-order valence-corrected chi connectivity index (χ4v) is 3.10. The molecule has 1 saturated carbocycles. The van der Waals surface area contributed by atoms with Crippen LogP contribution in [0, 0.1) is 17.0 Å². The molecule has 0 aromatic heterocycles. The quantitative estimate of drug-likeness (QED) is 0.690. The van der Waals surface area contributed by atoms with Gasteiger partial charge in [-0.2, -0.15) is 0 Å². The Labute approximate surface area is 106 Å². The molecular weight excluding hydrogens is 242 g/mol. The predicted molar refractivity (Wildman–Crippen MR) is 66.3 cm³/mol. The van der Waals surface area contributed by atoms with E-state index < -0.39 is 11.6 Å². The van der Waals surface area contributed by atoms with E-state index in [0.717, 1.165) is 24.8 Å². The second-order valence-electron chi connectivity index (χ2n) is 5.12. The zero-order chi connectivity index (χ0) is 12.3. The summed E-state index contributed by atoms with van der Waals surface area (Å²) in [5, 5.41) is 0. The molecule has 0 aliphatic heterocycles. The number of benzene rings is 1. The lowest BCUT2D eigenvalue weighted by Gasteiger charge is -2.35. The summed E-state index contributed by atoms with van der Waals surface area (Å²) in [7, 11) is 0. The normalized spacial score (nSPS) is 19.2. The molecule has 1 aromatic rings. The Balaban J connectivity index is 2.14. The third-order valence-electron chi connectivity index (χ3n) is 3.76. The number of halogens is 3. The van der Waals surface area contributed by atoms with Crippen molar-refractivity contribution in [2.24, 2.45) is 5.41 Å². The molecule has 94 valence electrons. The van der Waals surface area contributed by atoms with Crippen LogP contribution >= 0.6 is 11.6 Å². The van der Waals surface area contributed by atoms with Crippen molar-refractivity contribution < 1.29 is 8.78 Å². The molecule has 0 atom stereocenters. The average Bonchev–Trinajstić information content (AvgIpc) is 2.35. The molecule has 2 rings (SSSR count). The SMILES string of the molecule is Fc1ccc(CC2(CCl)CCCCC2)cc1F. The van der Waals surface area contributed by atoms with E-state index in [1.54, 1.807) is 6.07 Å². The first-order valence-electron chi connectivity index (χ1n) is 6.15. The lowest BCUT2D eigenvalue weighted by Crippen LogP contribution is -2.28. The van der Waals surface area contributed by atoms with Gasteiger partial charge in [-0.15, -0.1) is 11.6 Å². The maximum Gasteiger partial charge on any atom is 0.159 e. The maximum absolute atomic E-state index is 13.2. The molecule has 1 aliphatic rings. The van der Waals surface area contributed by atoms with Crippen molar-refractivity contribution >= 4 is 11.6 Å². The second-order valence-corrected chi connectivity index (χ2v) is 5.39. The molecule has 0 radical (unpaired) electrons. The van der Waals surface area contributed by atoms with Gasteiger partial charge in [-0.3, -0.25) is 0 Å². The molecule has 0 spiro atoms. The second kappa shape index (κ2) is 5.34. The first kappa shape index (κ1) is 12.8. The average molecular weight is 259 g/mol. The van der Waals surface area contributed by atoms with Crippen LogP contribution in [0.3, 0.4) is 0 Å². The number of rotatable bonds is 3. The van der Waals surface area contributed by atoms with Gasteiger partial charge in [-0.25, -0.2) is 8.78 Å². The first-order valence-corrected chi connectivity index (χ1v) is 6.69. The van der Waals surface area contributed by atoms with E-state index in [1.807, 2.05) is 0 Å². The van der Waals surface area contributed by atoms with Gasteiger partial charge in [0.2, 0.25) is 0 Å². The maximum atomic E-state index is 13.2. The van der Waals surface area contributed by atoms with E-state index in [1.165, 1.54) is 31.4 Å². The lowest BCUT2D eigenvalue weighted by molar-refractivity contribution is 0.219. The molecule has 1 aromatic carbocycles. The van der Waals surface area contributed by atoms with Crippen molar-refractivity contribution in [3.63, 3.8) is 0 Å². The highest BCUT2D eigenvalue weighted by Crippen LogP contribution is 2.40. The summed E-state index contributed by atoms with van der Waals surface area (Å²) in [5.41, 5.74) is 0.941. The molecular formula is C14H17ClF2. The lowest BCUT2D eigenvalue weighted by atomic mass is 9.72. The first-order chi connectivity index (χ1) is 8.15. The van der Waals surface area contributed by atoms with Gasteiger partial charge in [0.1, 0.15) is 0 Å². The van der Waals surface area contributed by atoms with Crippen LogP contribution in [0.2, 0.25) is 0 Å². The van der Waals surface area contributed by atoms with Crippen molar-refractivity contribution in [3.05, 3.63) is 35.4 Å². The summed E-state index contributed by atoms with van der Waals surface area (Å²) in [6.07, 6.45) is 6.59. The van der Waals surface area contributed by atoms with E-state index in [9.17, 15) is 8.78 Å². The Morgan fingerprint density at radius 1 is 1.06 bits per heavy atom. The van der Waals surface area contributed by atoms with Gasteiger partial charge in [0.05, 0.1) is 0 Å². The Hall–Kier alpha value is -0.630. The van der Waals surface area contributed by atoms with Crippen LogP contribution in [0.5, 0.6) is 0 Å². The van der Waals surface area contributed by atoms with Gasteiger partial charge in [0.15, 0.2) is 11.6 Å². The van der Waals surface area contributed by atoms with Crippen LogP contribution in [-0.2, 0) is 6.42 Å². The summed E-state index contributed by atoms with van der Waals surface area (Å²) in [4.78, 5) is 0. The Bertz CT molecular complexity index is 384. The van der Waals surface area contributed by atoms with E-state index in [2.05, 4.69) is 0 Å². The molecule has 0 unspecified atom stereocenters. The Morgan fingerprint density at radius 2 is 1.76 bits per heavy atom. The van der Waals surface area contributed by atoms with Crippen LogP contribution in [0.25, 0.3) is 0 Å². The Kier molecular flexibility index (Phi) is 4.03. The van der Waals surface area contributed by atoms with Crippen LogP contribution in [0.15, 0.2) is 18.2 Å². The summed E-state index contributed by atoms with van der Waals surface area (Å²) in [6, 6.07) is 4.18. The molecule has 1 aliphatic carbocycles. The smallest absolute Gasteiger partial charge is 0.159 e. The fourth-order valence-electron chi connectivity index (χ4n) is 2.74. The van der Waals surface area contributed by atoms with Crippen molar-refractivity contribution in [1.29, 1.82) is 0 Å². The zero-order valence-corrected chi connectivity index (χ0v) is 10.6. The highest BCUT2D eigenvalue weighted by atomic mass is 35.5. The minimum absolute atomic E-state index is 0.0874. The van der Waals surface area contributed by atoms with Gasteiger partial charge in [0, 0.05) is 5.88 Å². The summed E-state index contributed by atoms with van der Waals surface area (Å²) >= 11 is 6.09. The predicted octanol–water partition coefficient (Wildman–Crippen LogP) is 4.70. The summed E-state index contributed by atoms with van der Waals surface area (Å²) < 4.78 is 26.0. The van der Waals surface area contributed by atoms with Crippen LogP contribution in [0.1, 0.15) is 37.7 Å². The number of hydrogen-bond acceptors (Lipinski definition) is 0. The van der Waals surface area contributed by atoms with Gasteiger partial charge in [-0.1, -0.05) is 25.3 Å². The number of hydrogen-bond donors (Lipinski definition) is 0. The van der Waals surface area contributed by atoms with Crippen LogP contribution in [-0.4, -0.2) is 5.88 Å². The van der Waals surface area contributed by atoms with Crippen molar-refractivity contribution in [2.75, 3.05) is 5.88 Å². The molecule has 17 heavy (non-hydrogen) atoms. The topological polar surface area (TPSA) is 0 Å². The summed E-state index contributed by atoms with van der Waals surface area (Å²) in [6.45, 7) is 0. The largest absolute Gasteiger partial charge is 0.204 e. The third-order valence-corrected chi connectivity index (χ3v) is 4.33. The highest BCUT2D eigenvalue weighted by Gasteiger charge is 2.31. The van der Waals surface area contributed by atoms with Gasteiger partial charge >= 0.3 is 0 Å². The fraction of sp³-hybridized carbons (Fsp3) is 0.571. The molecule has 1 fully saturated rings. The highest BCUT2D eigenvalue weighted by molar-refractivity contribution is 6.18. The van der Waals surface area contributed by atoms with Crippen molar-refractivity contribution in [2.45, 2.75) is 38.5 Å². The van der Waals surface area contributed by atoms with Gasteiger partial charge in [-0.05, 0) is 42.4 Å². The molecule has 0 bridgehead atoms. The van der Waals surface area contributed by atoms with Gasteiger partial charge < -0.3 is 0 Å². The minimum Gasteiger partial charge on any atom is -0.204 e. The standard InChI is InChI=1S/C14H17ClF2/c15-10-14(6-2-1-3-7-14)9-11-4-5-12(16)13(17)8-11/h4-5,8H,1-3,6-7,9-10H2. The van der Waals surface area contributed by atoms with Crippen molar-refractivity contribution in [1.82, 2.24) is 0 Å². The van der Waals surface area contributed by atoms with Crippen LogP contribution < -0.4 is 0 Å². The molecule has 3 heteroatoms. The van der Waals surface area contributed by atoms with E-state index >= 15 is 0 Å². The Morgan fingerprint density at radius 3 is 2.35 bits per heavy atom. The summed E-state index contributed by atoms with van der Waals surface area (Å²) in [5.74, 6) is -0.938. The number of alkyl halides is 1. The molecule has 0 heterocycles. The van der Waals surface area contributed by atoms with E-state index in [4.69, 9.17) is 11.6 Å². The van der Waals surface area contributed by atoms with Crippen LogP contribution in [0.4, 0.5) is 8.78 Å².